The summed E-state index contributed by atoms with van der Waals surface area (Å²) in [4.78, 5) is 16.9. The topological polar surface area (TPSA) is 85.8 Å². The van der Waals surface area contributed by atoms with Crippen LogP contribution in [0, 0.1) is 0 Å². The quantitative estimate of drug-likeness (QED) is 0.237. The highest BCUT2D eigenvalue weighted by Gasteiger charge is 2.10. The van der Waals surface area contributed by atoms with E-state index < -0.39 is 6.10 Å². The zero-order chi connectivity index (χ0) is 19.6. The number of aliphatic hydroxyl groups excluding tert-OH is 1. The molecule has 0 spiro atoms. The van der Waals surface area contributed by atoms with Crippen molar-refractivity contribution in [3.8, 4) is 0 Å². The average molecular weight is 537 g/mol. The van der Waals surface area contributed by atoms with Crippen molar-refractivity contribution in [2.75, 3.05) is 26.7 Å². The van der Waals surface area contributed by atoms with Crippen molar-refractivity contribution in [3.63, 3.8) is 0 Å². The van der Waals surface area contributed by atoms with Gasteiger partial charge in [0.25, 0.3) is 5.91 Å². The Morgan fingerprint density at radius 2 is 2.07 bits per heavy atom. The fourth-order valence-corrected chi connectivity index (χ4v) is 3.49. The van der Waals surface area contributed by atoms with Gasteiger partial charge in [0, 0.05) is 30.6 Å². The Labute approximate surface area is 191 Å². The number of carbonyl (C=O) groups excluding carboxylic acids is 1. The number of aliphatic imine (C=N–C) groups is 1. The van der Waals surface area contributed by atoms with Gasteiger partial charge in [-0.15, -0.1) is 35.3 Å². The number of halogens is 2. The third kappa shape index (κ3) is 7.94. The van der Waals surface area contributed by atoms with Gasteiger partial charge in [-0.25, -0.2) is 0 Å². The van der Waals surface area contributed by atoms with Crippen LogP contribution in [0.15, 0.2) is 41.4 Å². The Hall–Kier alpha value is -1.36. The van der Waals surface area contributed by atoms with Crippen LogP contribution in [0.1, 0.15) is 33.8 Å². The third-order valence-corrected chi connectivity index (χ3v) is 5.14. The number of amides is 1. The Balaban J connectivity index is 0.00000392. The zero-order valence-corrected chi connectivity index (χ0v) is 19.8. The van der Waals surface area contributed by atoms with E-state index in [0.717, 1.165) is 23.4 Å². The number of rotatable bonds is 8. The highest BCUT2D eigenvalue weighted by Crippen LogP contribution is 2.26. The van der Waals surface area contributed by atoms with Crippen LogP contribution < -0.4 is 16.0 Å². The summed E-state index contributed by atoms with van der Waals surface area (Å²) in [7, 11) is 1.62. The minimum absolute atomic E-state index is 0. The Kier molecular flexibility index (Phi) is 11.4. The van der Waals surface area contributed by atoms with E-state index in [9.17, 15) is 9.90 Å². The molecule has 0 radical (unpaired) electrons. The molecule has 2 rings (SSSR count). The molecule has 154 valence electrons. The number of benzene rings is 1. The second-order valence-corrected chi connectivity index (χ2v) is 7.58. The molecule has 1 aromatic carbocycles. The summed E-state index contributed by atoms with van der Waals surface area (Å²) < 4.78 is 0.650. The summed E-state index contributed by atoms with van der Waals surface area (Å²) in [5.41, 5.74) is 1.71. The van der Waals surface area contributed by atoms with Crippen LogP contribution in [0.25, 0.3) is 0 Å². The van der Waals surface area contributed by atoms with E-state index in [1.165, 1.54) is 11.3 Å². The summed E-state index contributed by atoms with van der Waals surface area (Å²) in [6.07, 6.45) is 0.0698. The summed E-state index contributed by atoms with van der Waals surface area (Å²) in [5.74, 6) is 0.545. The van der Waals surface area contributed by atoms with Gasteiger partial charge in [0.15, 0.2) is 5.96 Å². The monoisotopic (exact) mass is 536 g/mol. The molecule has 0 aliphatic rings. The summed E-state index contributed by atoms with van der Waals surface area (Å²) >= 11 is 7.26. The molecule has 4 N–H and O–H groups in total. The molecule has 0 saturated heterocycles. The second-order valence-electron chi connectivity index (χ2n) is 5.83. The lowest BCUT2D eigenvalue weighted by Gasteiger charge is -2.13. The van der Waals surface area contributed by atoms with Crippen LogP contribution in [0.5, 0.6) is 0 Å². The number of guanidine groups is 1. The van der Waals surface area contributed by atoms with E-state index in [4.69, 9.17) is 11.6 Å². The lowest BCUT2D eigenvalue weighted by Crippen LogP contribution is -2.38. The van der Waals surface area contributed by atoms with Crippen molar-refractivity contribution >= 4 is 58.8 Å². The Morgan fingerprint density at radius 1 is 1.29 bits per heavy atom. The predicted molar refractivity (Wildman–Crippen MR) is 127 cm³/mol. The number of hydrogen-bond donors (Lipinski definition) is 4. The SMILES string of the molecule is CCNC(=NCC(O)c1ccc(Cl)s1)NCCc1cccc(C(=O)NC)c1.I. The number of nitrogens with one attached hydrogen (secondary N) is 3. The molecular weight excluding hydrogens is 511 g/mol. The summed E-state index contributed by atoms with van der Waals surface area (Å²) in [6.45, 7) is 3.61. The van der Waals surface area contributed by atoms with Crippen LogP contribution in [-0.2, 0) is 6.42 Å². The van der Waals surface area contributed by atoms with Gasteiger partial charge < -0.3 is 21.1 Å². The van der Waals surface area contributed by atoms with Crippen molar-refractivity contribution < 1.29 is 9.90 Å². The average Bonchev–Trinajstić information content (AvgIpc) is 3.12. The summed E-state index contributed by atoms with van der Waals surface area (Å²) in [5, 5.41) is 19.2. The maximum Gasteiger partial charge on any atom is 0.251 e. The fraction of sp³-hybridized carbons (Fsp3) is 0.368. The first-order valence-corrected chi connectivity index (χ1v) is 9.99. The maximum absolute atomic E-state index is 11.7. The molecule has 1 unspecified atom stereocenters. The molecule has 0 fully saturated rings. The Bertz CT molecular complexity index is 785. The molecule has 6 nitrogen and oxygen atoms in total. The van der Waals surface area contributed by atoms with Crippen LogP contribution in [0.4, 0.5) is 0 Å². The van der Waals surface area contributed by atoms with E-state index in [1.54, 1.807) is 19.2 Å². The first kappa shape index (κ1) is 24.7. The van der Waals surface area contributed by atoms with Crippen molar-refractivity contribution in [1.29, 1.82) is 0 Å². The smallest absolute Gasteiger partial charge is 0.251 e. The molecule has 1 aromatic heterocycles. The number of thiophene rings is 1. The van der Waals surface area contributed by atoms with Gasteiger partial charge in [-0.05, 0) is 43.2 Å². The van der Waals surface area contributed by atoms with Crippen LogP contribution in [-0.4, -0.2) is 43.7 Å². The van der Waals surface area contributed by atoms with Gasteiger partial charge in [-0.3, -0.25) is 9.79 Å². The first-order chi connectivity index (χ1) is 13.0. The van der Waals surface area contributed by atoms with Gasteiger partial charge in [0.1, 0.15) is 6.10 Å². The molecule has 1 amide bonds. The standard InChI is InChI=1S/C19H25ClN4O2S.HI/c1-3-22-19(24-12-15(25)16-7-8-17(20)27-16)23-10-9-13-5-4-6-14(11-13)18(26)21-2;/h4-8,11,15,25H,3,9-10,12H2,1-2H3,(H,21,26)(H2,22,23,24);1H. The molecule has 0 bridgehead atoms. The van der Waals surface area contributed by atoms with Gasteiger partial charge in [0.2, 0.25) is 0 Å². The van der Waals surface area contributed by atoms with E-state index in [2.05, 4.69) is 20.9 Å². The van der Waals surface area contributed by atoms with Crippen molar-refractivity contribution in [1.82, 2.24) is 16.0 Å². The molecule has 1 atom stereocenters. The minimum Gasteiger partial charge on any atom is -0.386 e. The second kappa shape index (κ2) is 13.0. The molecule has 28 heavy (non-hydrogen) atoms. The molecular formula is C19H26ClIN4O2S. The maximum atomic E-state index is 11.7. The van der Waals surface area contributed by atoms with E-state index >= 15 is 0 Å². The van der Waals surface area contributed by atoms with E-state index in [0.29, 0.717) is 22.4 Å². The molecule has 2 aromatic rings. The first-order valence-electron chi connectivity index (χ1n) is 8.80. The van der Waals surface area contributed by atoms with Crippen molar-refractivity contribution in [3.05, 3.63) is 56.7 Å². The minimum atomic E-state index is -0.679. The van der Waals surface area contributed by atoms with E-state index in [1.807, 2.05) is 31.2 Å². The highest BCUT2D eigenvalue weighted by atomic mass is 127. The number of nitrogens with zero attached hydrogens (tertiary/aromatic N) is 1. The largest absolute Gasteiger partial charge is 0.386 e. The van der Waals surface area contributed by atoms with Crippen molar-refractivity contribution in [2.45, 2.75) is 19.4 Å². The van der Waals surface area contributed by atoms with Crippen LogP contribution in [0.3, 0.4) is 0 Å². The van der Waals surface area contributed by atoms with Crippen LogP contribution >= 0.6 is 46.9 Å². The van der Waals surface area contributed by atoms with Gasteiger partial charge in [-0.2, -0.15) is 0 Å². The molecule has 1 heterocycles. The lowest BCUT2D eigenvalue weighted by molar-refractivity contribution is 0.0963. The lowest BCUT2D eigenvalue weighted by atomic mass is 10.1. The predicted octanol–water partition coefficient (Wildman–Crippen LogP) is 3.21. The van der Waals surface area contributed by atoms with E-state index in [-0.39, 0.29) is 36.4 Å². The zero-order valence-electron chi connectivity index (χ0n) is 15.9. The summed E-state index contributed by atoms with van der Waals surface area (Å²) in [6, 6.07) is 11.1. The van der Waals surface area contributed by atoms with Gasteiger partial charge >= 0.3 is 0 Å². The number of carbonyl (C=O) groups is 1. The third-order valence-electron chi connectivity index (χ3n) is 3.81. The molecule has 0 saturated carbocycles. The normalized spacial score (nSPS) is 12.1. The van der Waals surface area contributed by atoms with Crippen molar-refractivity contribution in [2.24, 2.45) is 4.99 Å². The van der Waals surface area contributed by atoms with Gasteiger partial charge in [0.05, 0.1) is 10.9 Å². The molecule has 0 aliphatic carbocycles. The Morgan fingerprint density at radius 3 is 2.71 bits per heavy atom. The van der Waals surface area contributed by atoms with Crippen LogP contribution in [0.2, 0.25) is 4.34 Å². The fourth-order valence-electron chi connectivity index (χ4n) is 2.45. The number of aliphatic hydroxyl groups is 1. The number of hydrogen-bond acceptors (Lipinski definition) is 4. The molecule has 9 heteroatoms. The van der Waals surface area contributed by atoms with Gasteiger partial charge in [-0.1, -0.05) is 23.7 Å². The highest BCUT2D eigenvalue weighted by molar-refractivity contribution is 14.0. The molecule has 0 aliphatic heterocycles.